The zero-order valence-corrected chi connectivity index (χ0v) is 17.5. The van der Waals surface area contributed by atoms with Gasteiger partial charge in [0.1, 0.15) is 4.90 Å². The molecule has 29 heavy (non-hydrogen) atoms. The minimum Gasteiger partial charge on any atom is -0.324 e. The predicted molar refractivity (Wildman–Crippen MR) is 117 cm³/mol. The molecule has 0 bridgehead atoms. The summed E-state index contributed by atoms with van der Waals surface area (Å²) >= 11 is 12.5. The predicted octanol–water partition coefficient (Wildman–Crippen LogP) is 4.84. The van der Waals surface area contributed by atoms with Gasteiger partial charge in [0.15, 0.2) is 0 Å². The maximum Gasteiger partial charge on any atom is 0.266 e. The first-order valence-electron chi connectivity index (χ1n) is 8.87. The fourth-order valence-electron chi connectivity index (χ4n) is 3.13. The van der Waals surface area contributed by atoms with Crippen LogP contribution in [0.25, 0.3) is 0 Å². The molecule has 0 spiro atoms. The van der Waals surface area contributed by atoms with E-state index in [1.54, 1.807) is 18.2 Å². The van der Waals surface area contributed by atoms with E-state index in [1.165, 1.54) is 0 Å². The van der Waals surface area contributed by atoms with Crippen LogP contribution in [-0.2, 0) is 23.0 Å². The summed E-state index contributed by atoms with van der Waals surface area (Å²) in [5.74, 6) is 0.157. The fraction of sp³-hybridized carbons (Fsp3) is 0.0952. The van der Waals surface area contributed by atoms with Crippen LogP contribution in [0.15, 0.2) is 76.6 Å². The van der Waals surface area contributed by atoms with Crippen LogP contribution in [0.5, 0.6) is 0 Å². The number of hydrogen-bond donors (Lipinski definition) is 2. The number of benzene rings is 3. The van der Waals surface area contributed by atoms with Crippen molar-refractivity contribution in [2.24, 2.45) is 4.99 Å². The molecule has 0 amide bonds. The van der Waals surface area contributed by atoms with Gasteiger partial charge in [-0.2, -0.15) is 0 Å². The maximum absolute atomic E-state index is 12.7. The molecule has 4 rings (SSSR count). The Morgan fingerprint density at radius 3 is 2.10 bits per heavy atom. The van der Waals surface area contributed by atoms with Crippen LogP contribution in [0.3, 0.4) is 0 Å². The molecule has 0 radical (unpaired) electrons. The summed E-state index contributed by atoms with van der Waals surface area (Å²) in [7, 11) is -3.74. The van der Waals surface area contributed by atoms with Crippen molar-refractivity contribution in [1.82, 2.24) is 4.72 Å². The second kappa shape index (κ2) is 8.06. The van der Waals surface area contributed by atoms with Crippen LogP contribution in [0.4, 0.5) is 5.69 Å². The molecule has 0 saturated heterocycles. The van der Waals surface area contributed by atoms with E-state index in [0.717, 1.165) is 16.7 Å². The van der Waals surface area contributed by atoms with Gasteiger partial charge in [0.25, 0.3) is 10.0 Å². The Hall–Kier alpha value is -2.54. The lowest BCUT2D eigenvalue weighted by Gasteiger charge is -2.24. The molecule has 0 unspecified atom stereocenters. The van der Waals surface area contributed by atoms with Gasteiger partial charge < -0.3 is 5.32 Å². The molecule has 3 aromatic carbocycles. The summed E-state index contributed by atoms with van der Waals surface area (Å²) in [6.45, 7) is 0.243. The van der Waals surface area contributed by atoms with Gasteiger partial charge in [-0.25, -0.2) is 18.1 Å². The van der Waals surface area contributed by atoms with E-state index in [0.29, 0.717) is 22.2 Å². The third-order valence-corrected chi connectivity index (χ3v) is 6.70. The molecule has 0 saturated carbocycles. The third kappa shape index (κ3) is 4.24. The first-order chi connectivity index (χ1) is 13.9. The number of rotatable bonds is 4. The van der Waals surface area contributed by atoms with Crippen LogP contribution < -0.4 is 10.0 Å². The van der Waals surface area contributed by atoms with Crippen molar-refractivity contribution >= 4 is 44.9 Å². The van der Waals surface area contributed by atoms with Crippen molar-refractivity contribution < 1.29 is 8.42 Å². The van der Waals surface area contributed by atoms with Gasteiger partial charge in [0.05, 0.1) is 12.2 Å². The first-order valence-corrected chi connectivity index (χ1v) is 11.1. The lowest BCUT2D eigenvalue weighted by atomic mass is 10.0. The molecule has 1 aliphatic rings. The largest absolute Gasteiger partial charge is 0.324 e. The molecule has 148 valence electrons. The molecular formula is C21H17Cl2N3O2S. The molecule has 3 aromatic rings. The summed E-state index contributed by atoms with van der Waals surface area (Å²) in [5, 5.41) is 4.34. The van der Waals surface area contributed by atoms with E-state index in [2.05, 4.69) is 15.0 Å². The van der Waals surface area contributed by atoms with E-state index in [9.17, 15) is 8.42 Å². The standard InChI is InChI=1S/C21H17Cl2N3O2S/c22-17-9-3-1-6-14(17)12-15-8-5-11-19-20(15)25-21(26-29(19,27)28)24-13-16-7-2-4-10-18(16)23/h1-11H,12-13H2,(H2,24,25,26). The van der Waals surface area contributed by atoms with Crippen molar-refractivity contribution in [2.45, 2.75) is 17.9 Å². The zero-order valence-electron chi connectivity index (χ0n) is 15.2. The average Bonchev–Trinajstić information content (AvgIpc) is 2.69. The highest BCUT2D eigenvalue weighted by atomic mass is 35.5. The number of hydrogen-bond acceptors (Lipinski definition) is 3. The molecule has 0 aliphatic carbocycles. The van der Waals surface area contributed by atoms with Gasteiger partial charge in [-0.1, -0.05) is 71.7 Å². The Morgan fingerprint density at radius 1 is 0.793 bits per heavy atom. The van der Waals surface area contributed by atoms with Gasteiger partial charge >= 0.3 is 0 Å². The summed E-state index contributed by atoms with van der Waals surface area (Å²) < 4.78 is 28.0. The quantitative estimate of drug-likeness (QED) is 0.602. The van der Waals surface area contributed by atoms with Crippen LogP contribution in [-0.4, -0.2) is 14.4 Å². The summed E-state index contributed by atoms with van der Waals surface area (Å²) in [6.07, 6.45) is 0.489. The summed E-state index contributed by atoms with van der Waals surface area (Å²) in [5.41, 5.74) is 3.03. The number of nitrogens with one attached hydrogen (secondary N) is 2. The molecule has 0 fully saturated rings. The van der Waals surface area contributed by atoms with E-state index in [4.69, 9.17) is 23.2 Å². The van der Waals surface area contributed by atoms with Gasteiger partial charge in [0, 0.05) is 16.5 Å². The van der Waals surface area contributed by atoms with E-state index >= 15 is 0 Å². The fourth-order valence-corrected chi connectivity index (χ4v) is 4.71. The van der Waals surface area contributed by atoms with Crippen molar-refractivity contribution in [3.05, 3.63) is 93.5 Å². The normalized spacial score (nSPS) is 16.0. The van der Waals surface area contributed by atoms with E-state index in [1.807, 2.05) is 48.5 Å². The maximum atomic E-state index is 12.7. The van der Waals surface area contributed by atoms with Crippen LogP contribution in [0.2, 0.25) is 10.0 Å². The van der Waals surface area contributed by atoms with Crippen LogP contribution >= 0.6 is 23.2 Å². The Bertz CT molecular complexity index is 1210. The monoisotopic (exact) mass is 445 g/mol. The van der Waals surface area contributed by atoms with E-state index in [-0.39, 0.29) is 17.4 Å². The second-order valence-electron chi connectivity index (χ2n) is 6.55. The number of guanidine groups is 1. The van der Waals surface area contributed by atoms with Crippen molar-refractivity contribution in [2.75, 3.05) is 5.32 Å². The SMILES string of the molecule is O=S1(=O)NC(=NCc2ccccc2Cl)Nc2c(Cc3ccccc3Cl)cccc21. The highest BCUT2D eigenvalue weighted by molar-refractivity contribution is 7.90. The Kier molecular flexibility index (Phi) is 5.50. The topological polar surface area (TPSA) is 70.6 Å². The minimum atomic E-state index is -3.74. The number of halogens is 2. The first kappa shape index (κ1) is 19.8. The highest BCUT2D eigenvalue weighted by Gasteiger charge is 2.28. The molecule has 5 nitrogen and oxygen atoms in total. The third-order valence-electron chi connectivity index (χ3n) is 4.58. The molecular weight excluding hydrogens is 429 g/mol. The number of para-hydroxylation sites is 1. The molecule has 1 aliphatic heterocycles. The summed E-state index contributed by atoms with van der Waals surface area (Å²) in [6, 6.07) is 20.0. The van der Waals surface area contributed by atoms with Gasteiger partial charge in [-0.3, -0.25) is 0 Å². The number of nitrogens with zero attached hydrogens (tertiary/aromatic N) is 1. The number of sulfonamides is 1. The van der Waals surface area contributed by atoms with Crippen molar-refractivity contribution in [3.8, 4) is 0 Å². The van der Waals surface area contributed by atoms with Crippen LogP contribution in [0, 0.1) is 0 Å². The molecule has 0 aromatic heterocycles. The number of aliphatic imine (C=N–C) groups is 1. The van der Waals surface area contributed by atoms with Gasteiger partial charge in [0.2, 0.25) is 5.96 Å². The smallest absolute Gasteiger partial charge is 0.266 e. The number of anilines is 1. The van der Waals surface area contributed by atoms with Gasteiger partial charge in [-0.05, 0) is 34.9 Å². The average molecular weight is 446 g/mol. The Morgan fingerprint density at radius 2 is 1.41 bits per heavy atom. The summed E-state index contributed by atoms with van der Waals surface area (Å²) in [4.78, 5) is 4.56. The highest BCUT2D eigenvalue weighted by Crippen LogP contribution is 2.31. The molecule has 2 N–H and O–H groups in total. The van der Waals surface area contributed by atoms with E-state index < -0.39 is 10.0 Å². The lowest BCUT2D eigenvalue weighted by Crippen LogP contribution is -2.41. The molecule has 1 heterocycles. The lowest BCUT2D eigenvalue weighted by molar-refractivity contribution is 0.591. The van der Waals surface area contributed by atoms with Gasteiger partial charge in [-0.15, -0.1) is 0 Å². The number of fused-ring (bicyclic) bond motifs is 1. The van der Waals surface area contributed by atoms with Crippen molar-refractivity contribution in [3.63, 3.8) is 0 Å². The zero-order chi connectivity index (χ0) is 20.4. The minimum absolute atomic E-state index is 0.157. The Balaban J connectivity index is 1.69. The molecule has 0 atom stereocenters. The van der Waals surface area contributed by atoms with Crippen molar-refractivity contribution in [1.29, 1.82) is 0 Å². The molecule has 8 heteroatoms. The Labute approximate surface area is 179 Å². The second-order valence-corrected chi connectivity index (χ2v) is 9.01. The van der Waals surface area contributed by atoms with Crippen LogP contribution in [0.1, 0.15) is 16.7 Å².